The molecule has 1 aromatic heterocycles. The highest BCUT2D eigenvalue weighted by Crippen LogP contribution is 2.39. The van der Waals surface area contributed by atoms with Crippen molar-refractivity contribution in [2.75, 3.05) is 5.73 Å². The number of aromatic amines is 1. The molecule has 3 N–H and O–H groups in total. The van der Waals surface area contributed by atoms with Crippen molar-refractivity contribution in [2.24, 2.45) is 10.9 Å². The smallest absolute Gasteiger partial charge is 0.179 e. The number of hydrogen-bond acceptors (Lipinski definition) is 3. The SMILES string of the molecule is CC1=Nc2n[nH]c(N)c2C(C)C1C. The summed E-state index contributed by atoms with van der Waals surface area (Å²) < 4.78 is 0. The number of H-pyrrole nitrogens is 1. The van der Waals surface area contributed by atoms with E-state index in [-0.39, 0.29) is 0 Å². The first-order valence-corrected chi connectivity index (χ1v) is 4.50. The standard InChI is InChI=1S/C9H14N4/c1-4-5(2)7-8(10)12-13-9(7)11-6(4)3/h4-5H,1-3H3,(H3,10,12,13). The average Bonchev–Trinajstić information content (AvgIpc) is 2.43. The summed E-state index contributed by atoms with van der Waals surface area (Å²) in [6, 6.07) is 0. The molecule has 0 saturated heterocycles. The van der Waals surface area contributed by atoms with Gasteiger partial charge >= 0.3 is 0 Å². The maximum Gasteiger partial charge on any atom is 0.179 e. The van der Waals surface area contributed by atoms with E-state index in [4.69, 9.17) is 5.73 Å². The molecule has 1 aliphatic rings. The van der Waals surface area contributed by atoms with Gasteiger partial charge in [0.25, 0.3) is 0 Å². The summed E-state index contributed by atoms with van der Waals surface area (Å²) in [5.74, 6) is 2.28. The molecule has 0 bridgehead atoms. The minimum Gasteiger partial charge on any atom is -0.384 e. The van der Waals surface area contributed by atoms with Gasteiger partial charge in [0.15, 0.2) is 5.82 Å². The van der Waals surface area contributed by atoms with E-state index in [0.717, 1.165) is 17.1 Å². The van der Waals surface area contributed by atoms with Crippen LogP contribution in [0.15, 0.2) is 4.99 Å². The second-order valence-corrected chi connectivity index (χ2v) is 3.71. The molecular weight excluding hydrogens is 164 g/mol. The third-order valence-corrected chi connectivity index (χ3v) is 2.96. The summed E-state index contributed by atoms with van der Waals surface area (Å²) in [5.41, 5.74) is 7.97. The van der Waals surface area contributed by atoms with E-state index < -0.39 is 0 Å². The first kappa shape index (κ1) is 8.29. The molecule has 2 unspecified atom stereocenters. The second kappa shape index (κ2) is 2.58. The van der Waals surface area contributed by atoms with Gasteiger partial charge < -0.3 is 5.73 Å². The molecule has 0 radical (unpaired) electrons. The Hall–Kier alpha value is -1.32. The Morgan fingerprint density at radius 2 is 2.00 bits per heavy atom. The second-order valence-electron chi connectivity index (χ2n) is 3.71. The average molecular weight is 178 g/mol. The molecule has 1 aromatic rings. The third kappa shape index (κ3) is 1.05. The monoisotopic (exact) mass is 178 g/mol. The lowest BCUT2D eigenvalue weighted by Gasteiger charge is -2.23. The third-order valence-electron chi connectivity index (χ3n) is 2.96. The molecule has 70 valence electrons. The molecule has 2 heterocycles. The number of hydrogen-bond donors (Lipinski definition) is 2. The molecule has 0 spiro atoms. The molecule has 13 heavy (non-hydrogen) atoms. The van der Waals surface area contributed by atoms with E-state index >= 15 is 0 Å². The van der Waals surface area contributed by atoms with Crippen molar-refractivity contribution in [3.63, 3.8) is 0 Å². The number of anilines is 1. The Morgan fingerprint density at radius 1 is 1.31 bits per heavy atom. The fraction of sp³-hybridized carbons (Fsp3) is 0.556. The van der Waals surface area contributed by atoms with Gasteiger partial charge in [0.05, 0.1) is 0 Å². The number of nitrogens with zero attached hydrogens (tertiary/aromatic N) is 2. The van der Waals surface area contributed by atoms with Crippen LogP contribution in [-0.2, 0) is 0 Å². The number of rotatable bonds is 0. The van der Waals surface area contributed by atoms with Crippen LogP contribution in [-0.4, -0.2) is 15.9 Å². The van der Waals surface area contributed by atoms with E-state index in [2.05, 4.69) is 29.0 Å². The van der Waals surface area contributed by atoms with Crippen LogP contribution in [0.1, 0.15) is 32.3 Å². The number of fused-ring (bicyclic) bond motifs is 1. The Balaban J connectivity index is 2.58. The van der Waals surface area contributed by atoms with Gasteiger partial charge in [-0.1, -0.05) is 13.8 Å². The number of nitrogen functional groups attached to an aromatic ring is 1. The van der Waals surface area contributed by atoms with E-state index in [1.807, 2.05) is 6.92 Å². The zero-order chi connectivity index (χ0) is 9.59. The number of nitrogens with one attached hydrogen (secondary N) is 1. The molecule has 0 saturated carbocycles. The van der Waals surface area contributed by atoms with Crippen LogP contribution in [0.5, 0.6) is 0 Å². The molecule has 1 aliphatic heterocycles. The van der Waals surface area contributed by atoms with Gasteiger partial charge in [0.2, 0.25) is 0 Å². The lowest BCUT2D eigenvalue weighted by atomic mass is 9.84. The lowest BCUT2D eigenvalue weighted by molar-refractivity contribution is 0.614. The first-order chi connectivity index (χ1) is 6.11. The zero-order valence-corrected chi connectivity index (χ0v) is 8.13. The van der Waals surface area contributed by atoms with E-state index in [0.29, 0.717) is 17.7 Å². The minimum atomic E-state index is 0.409. The van der Waals surface area contributed by atoms with Gasteiger partial charge in [-0.2, -0.15) is 5.10 Å². The van der Waals surface area contributed by atoms with Crippen molar-refractivity contribution in [2.45, 2.75) is 26.7 Å². The Bertz CT molecular complexity index is 364. The normalized spacial score (nSPS) is 26.8. The summed E-state index contributed by atoms with van der Waals surface area (Å²) in [6.07, 6.45) is 0. The van der Waals surface area contributed by atoms with Crippen LogP contribution in [0.2, 0.25) is 0 Å². The molecule has 0 aliphatic carbocycles. The molecular formula is C9H14N4. The van der Waals surface area contributed by atoms with Gasteiger partial charge in [0.1, 0.15) is 5.82 Å². The molecule has 0 fully saturated rings. The van der Waals surface area contributed by atoms with Crippen LogP contribution in [0.25, 0.3) is 0 Å². The largest absolute Gasteiger partial charge is 0.384 e. The first-order valence-electron chi connectivity index (χ1n) is 4.50. The van der Waals surface area contributed by atoms with Crippen molar-refractivity contribution in [3.8, 4) is 0 Å². The molecule has 0 aromatic carbocycles. The number of aliphatic imine (C=N–C) groups is 1. The van der Waals surface area contributed by atoms with Crippen molar-refractivity contribution < 1.29 is 0 Å². The topological polar surface area (TPSA) is 67.1 Å². The fourth-order valence-electron chi connectivity index (χ4n) is 1.77. The number of nitrogens with two attached hydrogens (primary N) is 1. The Morgan fingerprint density at radius 3 is 2.69 bits per heavy atom. The Labute approximate surface area is 77.2 Å². The summed E-state index contributed by atoms with van der Waals surface area (Å²) in [4.78, 5) is 4.39. The fourth-order valence-corrected chi connectivity index (χ4v) is 1.77. The van der Waals surface area contributed by atoms with Crippen LogP contribution in [0.4, 0.5) is 11.6 Å². The molecule has 2 atom stereocenters. The van der Waals surface area contributed by atoms with Gasteiger partial charge in [-0.15, -0.1) is 0 Å². The Kier molecular flexibility index (Phi) is 1.65. The molecule has 0 amide bonds. The number of aromatic nitrogens is 2. The van der Waals surface area contributed by atoms with Crippen molar-refractivity contribution in [1.29, 1.82) is 0 Å². The predicted molar refractivity (Wildman–Crippen MR) is 53.3 cm³/mol. The zero-order valence-electron chi connectivity index (χ0n) is 8.13. The van der Waals surface area contributed by atoms with E-state index in [1.54, 1.807) is 0 Å². The van der Waals surface area contributed by atoms with Crippen LogP contribution < -0.4 is 5.73 Å². The lowest BCUT2D eigenvalue weighted by Crippen LogP contribution is -2.18. The van der Waals surface area contributed by atoms with Gasteiger partial charge in [-0.3, -0.25) is 5.10 Å². The highest BCUT2D eigenvalue weighted by atomic mass is 15.2. The van der Waals surface area contributed by atoms with E-state index in [1.165, 1.54) is 0 Å². The highest BCUT2D eigenvalue weighted by Gasteiger charge is 2.28. The van der Waals surface area contributed by atoms with Crippen molar-refractivity contribution in [3.05, 3.63) is 5.56 Å². The molecule has 4 heteroatoms. The van der Waals surface area contributed by atoms with Crippen molar-refractivity contribution in [1.82, 2.24) is 10.2 Å². The predicted octanol–water partition coefficient (Wildman–Crippen LogP) is 1.84. The van der Waals surface area contributed by atoms with Crippen LogP contribution in [0.3, 0.4) is 0 Å². The van der Waals surface area contributed by atoms with Crippen molar-refractivity contribution >= 4 is 17.3 Å². The summed E-state index contributed by atoms with van der Waals surface area (Å²) in [5, 5.41) is 6.83. The maximum atomic E-state index is 5.77. The van der Waals surface area contributed by atoms with Gasteiger partial charge in [0, 0.05) is 17.2 Å². The maximum absolute atomic E-state index is 5.77. The summed E-state index contributed by atoms with van der Waals surface area (Å²) >= 11 is 0. The van der Waals surface area contributed by atoms with Gasteiger partial charge in [-0.05, 0) is 12.8 Å². The highest BCUT2D eigenvalue weighted by molar-refractivity contribution is 5.90. The quantitative estimate of drug-likeness (QED) is 0.636. The molecule has 4 nitrogen and oxygen atoms in total. The molecule has 2 rings (SSSR count). The summed E-state index contributed by atoms with van der Waals surface area (Å²) in [6.45, 7) is 6.36. The van der Waals surface area contributed by atoms with Gasteiger partial charge in [-0.25, -0.2) is 4.99 Å². The van der Waals surface area contributed by atoms with E-state index in [9.17, 15) is 0 Å². The minimum absolute atomic E-state index is 0.409. The van der Waals surface area contributed by atoms with Crippen LogP contribution in [0, 0.1) is 5.92 Å². The summed E-state index contributed by atoms with van der Waals surface area (Å²) in [7, 11) is 0. The van der Waals surface area contributed by atoms with Crippen LogP contribution >= 0.6 is 0 Å².